The average molecular weight is 270 g/mol. The van der Waals surface area contributed by atoms with Gasteiger partial charge in [-0.1, -0.05) is 20.8 Å². The van der Waals surface area contributed by atoms with E-state index in [0.717, 1.165) is 19.3 Å². The highest BCUT2D eigenvalue weighted by Gasteiger charge is 2.30. The van der Waals surface area contributed by atoms with Crippen molar-refractivity contribution in [1.29, 1.82) is 0 Å². The van der Waals surface area contributed by atoms with Crippen LogP contribution in [0.4, 0.5) is 0 Å². The monoisotopic (exact) mass is 270 g/mol. The molecule has 0 aromatic heterocycles. The molecule has 4 heteroatoms. The van der Waals surface area contributed by atoms with Gasteiger partial charge in [-0.05, 0) is 38.0 Å². The Kier molecular flexibility index (Phi) is 6.80. The van der Waals surface area contributed by atoms with E-state index < -0.39 is 0 Å². The van der Waals surface area contributed by atoms with Crippen LogP contribution in [0.25, 0.3) is 0 Å². The maximum atomic E-state index is 12.3. The summed E-state index contributed by atoms with van der Waals surface area (Å²) >= 11 is 0. The molecule has 0 saturated heterocycles. The van der Waals surface area contributed by atoms with E-state index in [9.17, 15) is 4.79 Å². The molecular formula is C15H30N2O2. The summed E-state index contributed by atoms with van der Waals surface area (Å²) in [6.45, 7) is 9.65. The van der Waals surface area contributed by atoms with E-state index in [1.807, 2.05) is 6.92 Å². The minimum Gasteiger partial charge on any atom is -0.380 e. The molecule has 4 unspecified atom stereocenters. The van der Waals surface area contributed by atoms with E-state index >= 15 is 0 Å². The van der Waals surface area contributed by atoms with Gasteiger partial charge in [0.05, 0.1) is 12.6 Å². The van der Waals surface area contributed by atoms with Crippen molar-refractivity contribution in [2.24, 2.45) is 23.5 Å². The second-order valence-electron chi connectivity index (χ2n) is 6.29. The van der Waals surface area contributed by atoms with Crippen LogP contribution in [0.1, 0.15) is 47.0 Å². The zero-order valence-electron chi connectivity index (χ0n) is 12.8. The van der Waals surface area contributed by atoms with Crippen molar-refractivity contribution in [3.63, 3.8) is 0 Å². The van der Waals surface area contributed by atoms with Gasteiger partial charge in [0.1, 0.15) is 0 Å². The molecule has 0 aromatic rings. The number of rotatable bonds is 6. The highest BCUT2D eigenvalue weighted by atomic mass is 16.5. The highest BCUT2D eigenvalue weighted by molar-refractivity contribution is 5.79. The first-order chi connectivity index (χ1) is 8.93. The van der Waals surface area contributed by atoms with Crippen molar-refractivity contribution in [2.45, 2.75) is 59.0 Å². The van der Waals surface area contributed by atoms with Crippen molar-refractivity contribution in [3.05, 3.63) is 0 Å². The largest absolute Gasteiger partial charge is 0.380 e. The van der Waals surface area contributed by atoms with Gasteiger partial charge < -0.3 is 15.8 Å². The summed E-state index contributed by atoms with van der Waals surface area (Å²) in [7, 11) is 0. The second-order valence-corrected chi connectivity index (χ2v) is 6.29. The summed E-state index contributed by atoms with van der Waals surface area (Å²) in [5.74, 6) is 1.15. The maximum Gasteiger partial charge on any atom is 0.223 e. The molecule has 4 nitrogen and oxygen atoms in total. The predicted molar refractivity (Wildman–Crippen MR) is 77.7 cm³/mol. The summed E-state index contributed by atoms with van der Waals surface area (Å²) in [5.41, 5.74) is 6.02. The number of carbonyl (C=O) groups is 1. The molecule has 112 valence electrons. The van der Waals surface area contributed by atoms with Gasteiger partial charge in [0.2, 0.25) is 5.91 Å². The van der Waals surface area contributed by atoms with Crippen molar-refractivity contribution in [1.82, 2.24) is 5.32 Å². The van der Waals surface area contributed by atoms with Gasteiger partial charge in [-0.25, -0.2) is 0 Å². The van der Waals surface area contributed by atoms with Gasteiger partial charge in [0.25, 0.3) is 0 Å². The van der Waals surface area contributed by atoms with Crippen LogP contribution in [0.5, 0.6) is 0 Å². The highest BCUT2D eigenvalue weighted by Crippen LogP contribution is 2.28. The maximum absolute atomic E-state index is 12.3. The number of amides is 1. The van der Waals surface area contributed by atoms with E-state index in [-0.39, 0.29) is 23.9 Å². The molecule has 0 aromatic carbocycles. The van der Waals surface area contributed by atoms with Crippen LogP contribution in [0.3, 0.4) is 0 Å². The topological polar surface area (TPSA) is 64.3 Å². The SMILES string of the molecule is CCOCC(NC(=O)C1CC(C)CC(N)C1)C(C)C. The molecule has 0 bridgehead atoms. The van der Waals surface area contributed by atoms with Gasteiger partial charge in [-0.15, -0.1) is 0 Å². The third-order valence-electron chi connectivity index (χ3n) is 3.98. The number of nitrogens with two attached hydrogens (primary N) is 1. The fourth-order valence-corrected chi connectivity index (χ4v) is 2.82. The molecule has 0 spiro atoms. The first-order valence-electron chi connectivity index (χ1n) is 7.57. The molecule has 0 heterocycles. The normalized spacial score (nSPS) is 29.3. The lowest BCUT2D eigenvalue weighted by molar-refractivity contribution is -0.128. The van der Waals surface area contributed by atoms with Crippen LogP contribution < -0.4 is 11.1 Å². The first-order valence-corrected chi connectivity index (χ1v) is 7.57. The molecule has 3 N–H and O–H groups in total. The molecule has 1 saturated carbocycles. The molecule has 1 amide bonds. The Hall–Kier alpha value is -0.610. The Balaban J connectivity index is 2.51. The quantitative estimate of drug-likeness (QED) is 0.775. The lowest BCUT2D eigenvalue weighted by atomic mass is 9.79. The Morgan fingerprint density at radius 2 is 2.05 bits per heavy atom. The second kappa shape index (κ2) is 7.85. The Labute approximate surface area is 117 Å². The molecule has 1 rings (SSSR count). The summed E-state index contributed by atoms with van der Waals surface area (Å²) < 4.78 is 5.45. The number of nitrogens with one attached hydrogen (secondary N) is 1. The van der Waals surface area contributed by atoms with Gasteiger partial charge >= 0.3 is 0 Å². The Morgan fingerprint density at radius 1 is 1.37 bits per heavy atom. The number of hydrogen-bond donors (Lipinski definition) is 2. The van der Waals surface area contributed by atoms with Crippen molar-refractivity contribution >= 4 is 5.91 Å². The third-order valence-corrected chi connectivity index (χ3v) is 3.98. The fourth-order valence-electron chi connectivity index (χ4n) is 2.82. The molecule has 4 atom stereocenters. The number of ether oxygens (including phenoxy) is 1. The molecule has 19 heavy (non-hydrogen) atoms. The van der Waals surface area contributed by atoms with Crippen molar-refractivity contribution in [3.8, 4) is 0 Å². The zero-order chi connectivity index (χ0) is 14.4. The summed E-state index contributed by atoms with van der Waals surface area (Å²) in [6, 6.07) is 0.268. The zero-order valence-corrected chi connectivity index (χ0v) is 12.8. The van der Waals surface area contributed by atoms with E-state index in [2.05, 4.69) is 26.1 Å². The molecule has 1 aliphatic carbocycles. The predicted octanol–water partition coefficient (Wildman–Crippen LogP) is 1.93. The van der Waals surface area contributed by atoms with Gasteiger partial charge in [0.15, 0.2) is 0 Å². The summed E-state index contributed by atoms with van der Waals surface area (Å²) in [6.07, 6.45) is 2.81. The lowest BCUT2D eigenvalue weighted by Gasteiger charge is -2.32. The Morgan fingerprint density at radius 3 is 2.58 bits per heavy atom. The molecule has 0 aliphatic heterocycles. The number of carbonyl (C=O) groups excluding carboxylic acids is 1. The van der Waals surface area contributed by atoms with E-state index in [4.69, 9.17) is 10.5 Å². The van der Waals surface area contributed by atoms with Crippen molar-refractivity contribution in [2.75, 3.05) is 13.2 Å². The van der Waals surface area contributed by atoms with Crippen molar-refractivity contribution < 1.29 is 9.53 Å². The molecular weight excluding hydrogens is 240 g/mol. The first kappa shape index (κ1) is 16.4. The van der Waals surface area contributed by atoms with Crippen LogP contribution in [0.15, 0.2) is 0 Å². The minimum absolute atomic E-state index is 0.0710. The molecule has 0 radical (unpaired) electrons. The van der Waals surface area contributed by atoms with Crippen LogP contribution in [-0.2, 0) is 9.53 Å². The molecule has 1 fully saturated rings. The van der Waals surface area contributed by atoms with Crippen LogP contribution >= 0.6 is 0 Å². The van der Waals surface area contributed by atoms with Gasteiger partial charge in [-0.3, -0.25) is 4.79 Å². The smallest absolute Gasteiger partial charge is 0.223 e. The third kappa shape index (κ3) is 5.49. The van der Waals surface area contributed by atoms with Gasteiger partial charge in [0, 0.05) is 18.6 Å². The average Bonchev–Trinajstić information content (AvgIpc) is 2.32. The standard InChI is InChI=1S/C15H30N2O2/c1-5-19-9-14(10(2)3)17-15(18)12-6-11(4)7-13(16)8-12/h10-14H,5-9,16H2,1-4H3,(H,17,18). The van der Waals surface area contributed by atoms with Crippen LogP contribution in [-0.4, -0.2) is 31.2 Å². The fraction of sp³-hybridized carbons (Fsp3) is 0.933. The van der Waals surface area contributed by atoms with Crippen LogP contribution in [0, 0.1) is 17.8 Å². The minimum atomic E-state index is 0.0710. The molecule has 1 aliphatic rings. The Bertz CT molecular complexity index is 271. The van der Waals surface area contributed by atoms with E-state index in [1.54, 1.807) is 0 Å². The van der Waals surface area contributed by atoms with E-state index in [1.165, 1.54) is 0 Å². The number of hydrogen-bond acceptors (Lipinski definition) is 3. The van der Waals surface area contributed by atoms with Crippen LogP contribution in [0.2, 0.25) is 0 Å². The summed E-state index contributed by atoms with van der Waals surface area (Å²) in [4.78, 5) is 12.3. The van der Waals surface area contributed by atoms with Gasteiger partial charge in [-0.2, -0.15) is 0 Å². The lowest BCUT2D eigenvalue weighted by Crippen LogP contribution is -2.47. The van der Waals surface area contributed by atoms with E-state index in [0.29, 0.717) is 25.0 Å². The summed E-state index contributed by atoms with van der Waals surface area (Å²) in [5, 5.41) is 3.14.